The number of aryl methyl sites for hydroxylation is 1. The lowest BCUT2D eigenvalue weighted by Crippen LogP contribution is -2.46. The minimum absolute atomic E-state index is 0.154. The number of hydrogen-bond acceptors (Lipinski definition) is 7. The predicted octanol–water partition coefficient (Wildman–Crippen LogP) is 2.23. The van der Waals surface area contributed by atoms with E-state index in [0.717, 1.165) is 10.7 Å². The van der Waals surface area contributed by atoms with Crippen molar-refractivity contribution in [3.63, 3.8) is 0 Å². The van der Waals surface area contributed by atoms with Gasteiger partial charge in [-0.2, -0.15) is 4.31 Å². The van der Waals surface area contributed by atoms with Crippen LogP contribution in [0.4, 0.5) is 0 Å². The third-order valence-electron chi connectivity index (χ3n) is 4.00. The SMILES string of the molecule is CCOc1ccc(S(=O)(=O)N2CSCC2C(=O)NCc2csc(C)n2)cc1. The molecule has 2 aromatic rings. The standard InChI is InChI=1S/C17H21N3O4S3/c1-3-24-14-4-6-15(7-5-14)27(22,23)20-11-25-10-16(20)17(21)18-8-13-9-26-12(2)19-13/h4-7,9,16H,3,8,10-11H2,1-2H3,(H,18,21). The van der Waals surface area contributed by atoms with Gasteiger partial charge in [0.25, 0.3) is 0 Å². The topological polar surface area (TPSA) is 88.6 Å². The van der Waals surface area contributed by atoms with Crippen LogP contribution in [-0.2, 0) is 21.4 Å². The fourth-order valence-electron chi connectivity index (χ4n) is 2.67. The lowest BCUT2D eigenvalue weighted by Gasteiger charge is -2.22. The van der Waals surface area contributed by atoms with Gasteiger partial charge in [-0.05, 0) is 38.1 Å². The molecular weight excluding hydrogens is 406 g/mol. The summed E-state index contributed by atoms with van der Waals surface area (Å²) in [4.78, 5) is 17.0. The van der Waals surface area contributed by atoms with E-state index in [9.17, 15) is 13.2 Å². The third-order valence-corrected chi connectivity index (χ3v) is 7.86. The number of nitrogens with zero attached hydrogens (tertiary/aromatic N) is 2. The number of hydrogen-bond donors (Lipinski definition) is 1. The van der Waals surface area contributed by atoms with Gasteiger partial charge in [-0.25, -0.2) is 13.4 Å². The van der Waals surface area contributed by atoms with E-state index in [1.807, 2.05) is 19.2 Å². The number of aromatic nitrogens is 1. The Hall–Kier alpha value is -1.62. The summed E-state index contributed by atoms with van der Waals surface area (Å²) in [5, 5.41) is 5.61. The number of rotatable bonds is 7. The summed E-state index contributed by atoms with van der Waals surface area (Å²) in [5.41, 5.74) is 0.775. The highest BCUT2D eigenvalue weighted by Crippen LogP contribution is 2.29. The molecule has 1 unspecified atom stereocenters. The van der Waals surface area contributed by atoms with Crippen LogP contribution >= 0.6 is 23.1 Å². The van der Waals surface area contributed by atoms with Crippen molar-refractivity contribution in [2.75, 3.05) is 18.2 Å². The fraction of sp³-hybridized carbons (Fsp3) is 0.412. The largest absolute Gasteiger partial charge is 0.494 e. The number of thiazole rings is 1. The van der Waals surface area contributed by atoms with Crippen molar-refractivity contribution in [2.24, 2.45) is 0 Å². The molecule has 1 amide bonds. The van der Waals surface area contributed by atoms with E-state index in [1.165, 1.54) is 39.5 Å². The number of carbonyl (C=O) groups is 1. The summed E-state index contributed by atoms with van der Waals surface area (Å²) in [7, 11) is -3.76. The van der Waals surface area contributed by atoms with Crippen molar-refractivity contribution in [1.82, 2.24) is 14.6 Å². The molecule has 1 atom stereocenters. The zero-order chi connectivity index (χ0) is 19.4. The molecule has 1 saturated heterocycles. The van der Waals surface area contributed by atoms with Crippen LogP contribution in [0.25, 0.3) is 0 Å². The van der Waals surface area contributed by atoms with E-state index in [4.69, 9.17) is 4.74 Å². The number of benzene rings is 1. The third kappa shape index (κ3) is 4.63. The van der Waals surface area contributed by atoms with Gasteiger partial charge in [0.2, 0.25) is 15.9 Å². The van der Waals surface area contributed by atoms with Gasteiger partial charge in [0, 0.05) is 11.1 Å². The monoisotopic (exact) mass is 427 g/mol. The second kappa shape index (κ2) is 8.59. The number of amides is 1. The average Bonchev–Trinajstić information content (AvgIpc) is 3.30. The fourth-order valence-corrected chi connectivity index (χ4v) is 6.43. The quantitative estimate of drug-likeness (QED) is 0.729. The Morgan fingerprint density at radius 1 is 1.37 bits per heavy atom. The van der Waals surface area contributed by atoms with E-state index < -0.39 is 16.1 Å². The molecule has 10 heteroatoms. The maximum absolute atomic E-state index is 13.0. The summed E-state index contributed by atoms with van der Waals surface area (Å²) in [6.45, 7) is 4.56. The minimum atomic E-state index is -3.76. The second-order valence-electron chi connectivity index (χ2n) is 5.89. The molecule has 3 rings (SSSR count). The number of thioether (sulfide) groups is 1. The summed E-state index contributed by atoms with van der Waals surface area (Å²) in [5.74, 6) is 0.988. The molecule has 27 heavy (non-hydrogen) atoms. The minimum Gasteiger partial charge on any atom is -0.494 e. The molecule has 0 aliphatic carbocycles. The molecule has 1 aromatic heterocycles. The smallest absolute Gasteiger partial charge is 0.244 e. The first-order valence-electron chi connectivity index (χ1n) is 8.43. The van der Waals surface area contributed by atoms with Crippen LogP contribution in [0.5, 0.6) is 5.75 Å². The molecule has 7 nitrogen and oxygen atoms in total. The van der Waals surface area contributed by atoms with Crippen LogP contribution in [0.2, 0.25) is 0 Å². The van der Waals surface area contributed by atoms with E-state index >= 15 is 0 Å². The molecule has 1 aliphatic rings. The summed E-state index contributed by atoms with van der Waals surface area (Å²) >= 11 is 2.94. The highest BCUT2D eigenvalue weighted by molar-refractivity contribution is 8.00. The normalized spacial score (nSPS) is 17.8. The maximum atomic E-state index is 13.0. The van der Waals surface area contributed by atoms with Gasteiger partial charge in [0.15, 0.2) is 0 Å². The Labute approximate surface area is 167 Å². The number of ether oxygens (including phenoxy) is 1. The Morgan fingerprint density at radius 3 is 2.74 bits per heavy atom. The molecule has 1 N–H and O–H groups in total. The number of nitrogens with one attached hydrogen (secondary N) is 1. The zero-order valence-corrected chi connectivity index (χ0v) is 17.5. The second-order valence-corrected chi connectivity index (χ2v) is 9.84. The molecule has 0 saturated carbocycles. The van der Waals surface area contributed by atoms with E-state index in [-0.39, 0.29) is 16.7 Å². The van der Waals surface area contributed by atoms with Crippen LogP contribution < -0.4 is 10.1 Å². The van der Waals surface area contributed by atoms with Crippen molar-refractivity contribution in [3.05, 3.63) is 40.3 Å². The molecule has 2 heterocycles. The van der Waals surface area contributed by atoms with Crippen molar-refractivity contribution < 1.29 is 17.9 Å². The van der Waals surface area contributed by atoms with Crippen LogP contribution in [-0.4, -0.2) is 47.9 Å². The Kier molecular flexibility index (Phi) is 6.40. The lowest BCUT2D eigenvalue weighted by molar-refractivity contribution is -0.124. The van der Waals surface area contributed by atoms with Crippen molar-refractivity contribution in [2.45, 2.75) is 31.3 Å². The molecule has 146 valence electrons. The number of carbonyl (C=O) groups excluding carboxylic acids is 1. The van der Waals surface area contributed by atoms with E-state index in [0.29, 0.717) is 24.7 Å². The Bertz CT molecular complexity index is 896. The van der Waals surface area contributed by atoms with Crippen LogP contribution in [0.3, 0.4) is 0 Å². The Balaban J connectivity index is 1.71. The van der Waals surface area contributed by atoms with E-state index in [2.05, 4.69) is 10.3 Å². The van der Waals surface area contributed by atoms with Gasteiger partial charge >= 0.3 is 0 Å². The van der Waals surface area contributed by atoms with Gasteiger partial charge in [0.05, 0.1) is 34.6 Å². The first-order valence-corrected chi connectivity index (χ1v) is 11.9. The van der Waals surface area contributed by atoms with Crippen LogP contribution in [0, 0.1) is 6.92 Å². The van der Waals surface area contributed by atoms with Crippen molar-refractivity contribution in [3.8, 4) is 5.75 Å². The van der Waals surface area contributed by atoms with Crippen molar-refractivity contribution >= 4 is 39.0 Å². The van der Waals surface area contributed by atoms with Crippen molar-refractivity contribution in [1.29, 1.82) is 0 Å². The maximum Gasteiger partial charge on any atom is 0.244 e. The van der Waals surface area contributed by atoms with E-state index in [1.54, 1.807) is 12.1 Å². The number of sulfonamides is 1. The van der Waals surface area contributed by atoms with Gasteiger partial charge in [-0.3, -0.25) is 4.79 Å². The highest BCUT2D eigenvalue weighted by Gasteiger charge is 2.39. The summed E-state index contributed by atoms with van der Waals surface area (Å²) < 4.78 is 32.6. The van der Waals surface area contributed by atoms with Gasteiger partial charge < -0.3 is 10.1 Å². The first-order chi connectivity index (χ1) is 12.9. The van der Waals surface area contributed by atoms with Gasteiger partial charge in [0.1, 0.15) is 11.8 Å². The molecular formula is C17H21N3O4S3. The molecule has 1 aliphatic heterocycles. The zero-order valence-electron chi connectivity index (χ0n) is 15.0. The average molecular weight is 428 g/mol. The molecule has 0 spiro atoms. The summed E-state index contributed by atoms with van der Waals surface area (Å²) in [6.07, 6.45) is 0. The van der Waals surface area contributed by atoms with Gasteiger partial charge in [-0.1, -0.05) is 0 Å². The Morgan fingerprint density at radius 2 is 2.11 bits per heavy atom. The lowest BCUT2D eigenvalue weighted by atomic mass is 10.3. The van der Waals surface area contributed by atoms with Gasteiger partial charge in [-0.15, -0.1) is 23.1 Å². The molecule has 1 fully saturated rings. The van der Waals surface area contributed by atoms with Crippen LogP contribution in [0.15, 0.2) is 34.5 Å². The first kappa shape index (κ1) is 20.1. The molecule has 0 bridgehead atoms. The van der Waals surface area contributed by atoms with Crippen LogP contribution in [0.1, 0.15) is 17.6 Å². The molecule has 1 aromatic carbocycles. The summed E-state index contributed by atoms with van der Waals surface area (Å²) in [6, 6.07) is 5.54. The highest BCUT2D eigenvalue weighted by atomic mass is 32.2. The molecule has 0 radical (unpaired) electrons. The predicted molar refractivity (Wildman–Crippen MR) is 106 cm³/mol.